The van der Waals surface area contributed by atoms with Crippen molar-refractivity contribution in [1.82, 2.24) is 0 Å². The minimum absolute atomic E-state index is 0. The second kappa shape index (κ2) is 9.42. The Morgan fingerprint density at radius 3 is 2.47 bits per heavy atom. The van der Waals surface area contributed by atoms with Gasteiger partial charge < -0.3 is 21.2 Å². The molecule has 178 valence electrons. The number of benzene rings is 1. The maximum Gasteiger partial charge on any atom is 0.0618 e. The molecule has 0 amide bonds. The lowest BCUT2D eigenvalue weighted by atomic mass is 9.47. The monoisotopic (exact) mass is 442 g/mol. The standard InChI is InChI=1S/C28H38O2.2H2O/c1-27-15-12-21(30)18-20(27)8-9-23-25-11-10-24(28(25,2)16-13-26(23)27)22(14-17-29)19-6-4-3-5-7-19;;/h3-8,14,21,23-26,29-30H,9-13,15-18H2,1-2H3;2*1H2/b22-14+;;/t21-,23-,24+,25-,26-,27-,28+;;/m0../s1. The Balaban J connectivity index is 0.00000144. The Labute approximate surface area is 193 Å². The average molecular weight is 443 g/mol. The third-order valence-corrected chi connectivity index (χ3v) is 9.87. The molecule has 4 heteroatoms. The molecule has 1 aromatic rings. The molecule has 5 rings (SSSR count). The highest BCUT2D eigenvalue weighted by atomic mass is 16.3. The molecule has 0 saturated heterocycles. The highest BCUT2D eigenvalue weighted by molar-refractivity contribution is 5.68. The normalized spacial score (nSPS) is 40.7. The summed E-state index contributed by atoms with van der Waals surface area (Å²) in [7, 11) is 0. The second-order valence-corrected chi connectivity index (χ2v) is 11.0. The second-order valence-electron chi connectivity index (χ2n) is 11.0. The summed E-state index contributed by atoms with van der Waals surface area (Å²) in [5, 5.41) is 20.0. The van der Waals surface area contributed by atoms with Gasteiger partial charge in [0.25, 0.3) is 0 Å². The largest absolute Gasteiger partial charge is 0.412 e. The van der Waals surface area contributed by atoms with E-state index in [2.05, 4.69) is 56.3 Å². The maximum absolute atomic E-state index is 10.2. The van der Waals surface area contributed by atoms with E-state index in [1.165, 1.54) is 43.2 Å². The zero-order chi connectivity index (χ0) is 20.9. The molecule has 0 radical (unpaired) electrons. The van der Waals surface area contributed by atoms with Crippen LogP contribution in [-0.4, -0.2) is 33.9 Å². The molecule has 0 bridgehead atoms. The van der Waals surface area contributed by atoms with Crippen LogP contribution < -0.4 is 0 Å². The van der Waals surface area contributed by atoms with E-state index >= 15 is 0 Å². The van der Waals surface area contributed by atoms with Crippen molar-refractivity contribution in [3.8, 4) is 0 Å². The number of fused-ring (bicyclic) bond motifs is 5. The molecule has 0 spiro atoms. The highest BCUT2D eigenvalue weighted by Crippen LogP contribution is 2.67. The zero-order valence-corrected chi connectivity index (χ0v) is 19.7. The van der Waals surface area contributed by atoms with Crippen molar-refractivity contribution in [3.63, 3.8) is 0 Å². The van der Waals surface area contributed by atoms with E-state index < -0.39 is 0 Å². The predicted molar refractivity (Wildman–Crippen MR) is 130 cm³/mol. The van der Waals surface area contributed by atoms with E-state index in [4.69, 9.17) is 0 Å². The van der Waals surface area contributed by atoms with Gasteiger partial charge in [0, 0.05) is 0 Å². The summed E-state index contributed by atoms with van der Waals surface area (Å²) in [5.41, 5.74) is 4.87. The lowest BCUT2D eigenvalue weighted by Gasteiger charge is -2.58. The van der Waals surface area contributed by atoms with Crippen molar-refractivity contribution in [1.29, 1.82) is 0 Å². The van der Waals surface area contributed by atoms with Crippen molar-refractivity contribution < 1.29 is 21.2 Å². The fourth-order valence-electron chi connectivity index (χ4n) is 8.34. The number of hydrogen-bond donors (Lipinski definition) is 2. The molecule has 32 heavy (non-hydrogen) atoms. The van der Waals surface area contributed by atoms with Crippen molar-refractivity contribution in [3.05, 3.63) is 53.6 Å². The van der Waals surface area contributed by atoms with Crippen molar-refractivity contribution in [2.45, 2.75) is 71.3 Å². The van der Waals surface area contributed by atoms with Crippen molar-refractivity contribution in [2.24, 2.45) is 34.5 Å². The summed E-state index contributed by atoms with van der Waals surface area (Å²) in [6.07, 6.45) is 13.9. The van der Waals surface area contributed by atoms with Gasteiger partial charge in [0.15, 0.2) is 0 Å². The first kappa shape index (κ1) is 25.2. The SMILES string of the molecule is C[C@]12CC[C@H]3[C@@H](CC=C4C[C@@H](O)CC[C@@]43C)[C@@H]1CC[C@@H]2/C(=C/CO)c1ccccc1.O.O. The number of aliphatic hydroxyl groups is 2. The van der Waals surface area contributed by atoms with E-state index in [9.17, 15) is 10.2 Å². The van der Waals surface area contributed by atoms with Gasteiger partial charge in [-0.2, -0.15) is 0 Å². The Kier molecular flexibility index (Phi) is 7.41. The van der Waals surface area contributed by atoms with Crippen LogP contribution in [0.3, 0.4) is 0 Å². The van der Waals surface area contributed by atoms with Gasteiger partial charge in [-0.05, 0) is 97.0 Å². The topological polar surface area (TPSA) is 103 Å². The average Bonchev–Trinajstić information content (AvgIpc) is 3.10. The Hall–Kier alpha value is -1.46. The number of rotatable bonds is 3. The zero-order valence-electron chi connectivity index (χ0n) is 19.7. The van der Waals surface area contributed by atoms with E-state index in [1.54, 1.807) is 5.57 Å². The first-order valence-electron chi connectivity index (χ1n) is 12.2. The fourth-order valence-corrected chi connectivity index (χ4v) is 8.34. The number of aliphatic hydroxyl groups excluding tert-OH is 2. The molecular weight excluding hydrogens is 400 g/mol. The first-order valence-corrected chi connectivity index (χ1v) is 12.2. The Morgan fingerprint density at radius 1 is 1.00 bits per heavy atom. The molecule has 3 fully saturated rings. The Bertz CT molecular complexity index is 846. The lowest BCUT2D eigenvalue weighted by Crippen LogP contribution is -2.50. The summed E-state index contributed by atoms with van der Waals surface area (Å²) < 4.78 is 0. The van der Waals surface area contributed by atoms with Gasteiger partial charge in [0.05, 0.1) is 12.7 Å². The van der Waals surface area contributed by atoms with Crippen molar-refractivity contribution >= 4 is 5.57 Å². The summed E-state index contributed by atoms with van der Waals surface area (Å²) in [6.45, 7) is 5.20. The van der Waals surface area contributed by atoms with E-state index in [1.807, 2.05) is 0 Å². The minimum Gasteiger partial charge on any atom is -0.412 e. The van der Waals surface area contributed by atoms with E-state index in [-0.39, 0.29) is 23.7 Å². The third kappa shape index (κ3) is 3.79. The molecule has 0 heterocycles. The number of allylic oxidation sites excluding steroid dienone is 2. The summed E-state index contributed by atoms with van der Waals surface area (Å²) in [5.74, 6) is 2.88. The first-order chi connectivity index (χ1) is 14.5. The quantitative estimate of drug-likeness (QED) is 0.679. The van der Waals surface area contributed by atoms with Gasteiger partial charge in [-0.3, -0.25) is 0 Å². The molecule has 0 aromatic heterocycles. The van der Waals surface area contributed by atoms with Gasteiger partial charge in [-0.25, -0.2) is 0 Å². The fraction of sp³-hybridized carbons (Fsp3) is 0.643. The van der Waals surface area contributed by atoms with Crippen LogP contribution in [0.1, 0.15) is 70.8 Å². The van der Waals surface area contributed by atoms with Gasteiger partial charge in [0.2, 0.25) is 0 Å². The summed E-state index contributed by atoms with van der Waals surface area (Å²) in [6, 6.07) is 10.8. The highest BCUT2D eigenvalue weighted by Gasteiger charge is 2.59. The van der Waals surface area contributed by atoms with Crippen LogP contribution in [0.2, 0.25) is 0 Å². The molecule has 0 unspecified atom stereocenters. The maximum atomic E-state index is 10.2. The van der Waals surface area contributed by atoms with Crippen molar-refractivity contribution in [2.75, 3.05) is 6.61 Å². The molecule has 0 aliphatic heterocycles. The molecule has 1 aromatic carbocycles. The molecule has 4 aliphatic carbocycles. The Morgan fingerprint density at radius 2 is 1.75 bits per heavy atom. The van der Waals surface area contributed by atoms with Crippen LogP contribution in [-0.2, 0) is 0 Å². The van der Waals surface area contributed by atoms with Crippen LogP contribution >= 0.6 is 0 Å². The van der Waals surface area contributed by atoms with Crippen LogP contribution in [0.25, 0.3) is 5.57 Å². The molecular formula is C28H42O4. The van der Waals surface area contributed by atoms with E-state index in [0.717, 1.165) is 37.0 Å². The smallest absolute Gasteiger partial charge is 0.0618 e. The summed E-state index contributed by atoms with van der Waals surface area (Å²) in [4.78, 5) is 0. The van der Waals surface area contributed by atoms with Crippen LogP contribution in [0.15, 0.2) is 48.1 Å². The van der Waals surface area contributed by atoms with Gasteiger partial charge in [0.1, 0.15) is 0 Å². The van der Waals surface area contributed by atoms with Gasteiger partial charge in [-0.1, -0.05) is 61.9 Å². The van der Waals surface area contributed by atoms with Crippen LogP contribution in [0, 0.1) is 34.5 Å². The van der Waals surface area contributed by atoms with E-state index in [0.29, 0.717) is 16.7 Å². The predicted octanol–water partition coefficient (Wildman–Crippen LogP) is 4.35. The minimum atomic E-state index is -0.123. The number of hydrogen-bond acceptors (Lipinski definition) is 2. The summed E-state index contributed by atoms with van der Waals surface area (Å²) >= 11 is 0. The molecule has 4 aliphatic rings. The van der Waals surface area contributed by atoms with Crippen LogP contribution in [0.4, 0.5) is 0 Å². The third-order valence-electron chi connectivity index (χ3n) is 9.87. The molecule has 3 saturated carbocycles. The molecule has 7 atom stereocenters. The van der Waals surface area contributed by atoms with Gasteiger partial charge in [-0.15, -0.1) is 0 Å². The molecule has 4 nitrogen and oxygen atoms in total. The lowest BCUT2D eigenvalue weighted by molar-refractivity contribution is -0.0432. The molecule has 6 N–H and O–H groups in total. The van der Waals surface area contributed by atoms with Crippen LogP contribution in [0.5, 0.6) is 0 Å². The van der Waals surface area contributed by atoms with Gasteiger partial charge >= 0.3 is 0 Å².